The van der Waals surface area contributed by atoms with E-state index >= 15 is 0 Å². The number of fused-ring (bicyclic) bond motifs is 5. The molecule has 0 amide bonds. The summed E-state index contributed by atoms with van der Waals surface area (Å²) in [5.41, 5.74) is -0.527. The van der Waals surface area contributed by atoms with Crippen molar-refractivity contribution in [2.75, 3.05) is 5.75 Å². The lowest BCUT2D eigenvalue weighted by molar-refractivity contribution is -0.308. The number of esters is 1. The summed E-state index contributed by atoms with van der Waals surface area (Å²) in [7, 11) is 0. The van der Waals surface area contributed by atoms with E-state index in [1.807, 2.05) is 0 Å². The number of aromatic amines is 1. The SMILES string of the molecule is O=C([O-])C[C@@]12CSc3[nH]c(=O)sc3[C@@H]1c1ccccc1OC2=O. The van der Waals surface area contributed by atoms with Crippen LogP contribution >= 0.6 is 23.1 Å². The van der Waals surface area contributed by atoms with Crippen molar-refractivity contribution in [2.24, 2.45) is 5.41 Å². The predicted molar refractivity (Wildman–Crippen MR) is 81.6 cm³/mol. The fraction of sp³-hybridized carbons (Fsp3) is 0.267. The number of thioether (sulfide) groups is 1. The summed E-state index contributed by atoms with van der Waals surface area (Å²) >= 11 is 2.29. The first-order valence-electron chi connectivity index (χ1n) is 6.88. The van der Waals surface area contributed by atoms with Gasteiger partial charge in [-0.3, -0.25) is 9.59 Å². The second-order valence-corrected chi connectivity index (χ2v) is 7.56. The number of carboxylic acid groups (broad SMARTS) is 1. The number of aromatic nitrogens is 1. The van der Waals surface area contributed by atoms with Gasteiger partial charge < -0.3 is 19.6 Å². The second kappa shape index (κ2) is 4.97. The number of hydrogen-bond donors (Lipinski definition) is 1. The van der Waals surface area contributed by atoms with Gasteiger partial charge in [-0.2, -0.15) is 0 Å². The summed E-state index contributed by atoms with van der Waals surface area (Å²) in [4.78, 5) is 38.9. The van der Waals surface area contributed by atoms with Gasteiger partial charge in [0, 0.05) is 34.5 Å². The first-order valence-corrected chi connectivity index (χ1v) is 8.68. The number of ether oxygens (including phenoxy) is 1. The minimum absolute atomic E-state index is 0.219. The molecule has 1 N–H and O–H groups in total. The zero-order chi connectivity index (χ0) is 16.2. The third kappa shape index (κ3) is 2.05. The van der Waals surface area contributed by atoms with Crippen LogP contribution in [0.2, 0.25) is 0 Å². The molecule has 0 aliphatic carbocycles. The maximum Gasteiger partial charge on any atom is 0.319 e. The van der Waals surface area contributed by atoms with Gasteiger partial charge in [0.1, 0.15) is 5.75 Å². The highest BCUT2D eigenvalue weighted by Crippen LogP contribution is 2.58. The molecule has 2 aliphatic heterocycles. The van der Waals surface area contributed by atoms with Crippen molar-refractivity contribution in [3.05, 3.63) is 44.4 Å². The number of aliphatic carboxylic acids is 1. The van der Waals surface area contributed by atoms with Crippen molar-refractivity contribution in [1.82, 2.24) is 4.98 Å². The Balaban J connectivity index is 2.00. The highest BCUT2D eigenvalue weighted by molar-refractivity contribution is 7.99. The van der Waals surface area contributed by atoms with E-state index in [0.29, 0.717) is 15.7 Å². The number of thiazole rings is 1. The Morgan fingerprint density at radius 3 is 2.96 bits per heavy atom. The Bertz CT molecular complexity index is 886. The molecule has 2 aliphatic rings. The summed E-state index contributed by atoms with van der Waals surface area (Å²) in [6.45, 7) is 0. The molecule has 6 nitrogen and oxygen atoms in total. The lowest BCUT2D eigenvalue weighted by Gasteiger charge is -2.44. The third-order valence-electron chi connectivity index (χ3n) is 4.23. The molecule has 1 aromatic heterocycles. The number of hydrogen-bond acceptors (Lipinski definition) is 7. The van der Waals surface area contributed by atoms with Crippen LogP contribution < -0.4 is 14.7 Å². The molecule has 0 unspecified atom stereocenters. The van der Waals surface area contributed by atoms with Crippen LogP contribution in [-0.2, 0) is 9.59 Å². The average Bonchev–Trinajstić information content (AvgIpc) is 2.87. The Morgan fingerprint density at radius 1 is 1.39 bits per heavy atom. The first-order chi connectivity index (χ1) is 11.0. The van der Waals surface area contributed by atoms with Crippen LogP contribution in [0.4, 0.5) is 0 Å². The zero-order valence-electron chi connectivity index (χ0n) is 11.7. The molecule has 0 saturated heterocycles. The maximum atomic E-state index is 12.7. The summed E-state index contributed by atoms with van der Waals surface area (Å²) in [6.07, 6.45) is -0.441. The molecule has 4 rings (SSSR count). The van der Waals surface area contributed by atoms with Crippen molar-refractivity contribution < 1.29 is 19.4 Å². The van der Waals surface area contributed by atoms with E-state index in [1.54, 1.807) is 24.3 Å². The van der Waals surface area contributed by atoms with E-state index in [-0.39, 0.29) is 10.6 Å². The molecule has 0 fully saturated rings. The Hall–Kier alpha value is -2.06. The predicted octanol–water partition coefficient (Wildman–Crippen LogP) is 0.719. The van der Waals surface area contributed by atoms with Gasteiger partial charge in [-0.05, 0) is 6.07 Å². The van der Waals surface area contributed by atoms with Crippen molar-refractivity contribution >= 4 is 35.0 Å². The third-order valence-corrected chi connectivity index (χ3v) is 6.58. The van der Waals surface area contributed by atoms with Gasteiger partial charge in [-0.25, -0.2) is 0 Å². The van der Waals surface area contributed by atoms with Crippen LogP contribution in [0, 0.1) is 5.41 Å². The lowest BCUT2D eigenvalue weighted by Crippen LogP contribution is -2.50. The number of rotatable bonds is 2. The molecule has 0 bridgehead atoms. The average molecular weight is 348 g/mol. The summed E-state index contributed by atoms with van der Waals surface area (Å²) in [5, 5.41) is 12.0. The van der Waals surface area contributed by atoms with E-state index in [2.05, 4.69) is 4.98 Å². The molecule has 0 spiro atoms. The van der Waals surface area contributed by atoms with Crippen LogP contribution in [0.1, 0.15) is 22.8 Å². The second-order valence-electron chi connectivity index (χ2n) is 5.56. The molecule has 0 radical (unpaired) electrons. The number of carboxylic acids is 1. The highest BCUT2D eigenvalue weighted by Gasteiger charge is 2.56. The van der Waals surface area contributed by atoms with Gasteiger partial charge in [-0.15, -0.1) is 11.8 Å². The van der Waals surface area contributed by atoms with Crippen LogP contribution in [0.5, 0.6) is 5.75 Å². The maximum absolute atomic E-state index is 12.7. The van der Waals surface area contributed by atoms with Crippen LogP contribution in [0.25, 0.3) is 0 Å². The van der Waals surface area contributed by atoms with Crippen molar-refractivity contribution in [3.8, 4) is 5.75 Å². The van der Waals surface area contributed by atoms with Crippen molar-refractivity contribution in [1.29, 1.82) is 0 Å². The van der Waals surface area contributed by atoms with E-state index in [1.165, 1.54) is 11.8 Å². The highest BCUT2D eigenvalue weighted by atomic mass is 32.2. The van der Waals surface area contributed by atoms with E-state index < -0.39 is 29.7 Å². The Labute approximate surface area is 138 Å². The molecular weight excluding hydrogens is 338 g/mol. The Morgan fingerprint density at radius 2 is 2.17 bits per heavy atom. The molecule has 118 valence electrons. The lowest BCUT2D eigenvalue weighted by atomic mass is 9.68. The van der Waals surface area contributed by atoms with Gasteiger partial charge in [-0.1, -0.05) is 29.5 Å². The van der Waals surface area contributed by atoms with E-state index in [0.717, 1.165) is 16.9 Å². The number of para-hydroxylation sites is 1. The number of carbonyl (C=O) groups excluding carboxylic acids is 2. The van der Waals surface area contributed by atoms with Crippen molar-refractivity contribution in [2.45, 2.75) is 17.4 Å². The van der Waals surface area contributed by atoms with Gasteiger partial charge in [0.05, 0.1) is 10.4 Å². The van der Waals surface area contributed by atoms with Gasteiger partial charge >= 0.3 is 10.8 Å². The normalized spacial score (nSPS) is 25.0. The number of H-pyrrole nitrogens is 1. The molecule has 2 atom stereocenters. The van der Waals surface area contributed by atoms with Crippen LogP contribution in [-0.4, -0.2) is 22.7 Å². The van der Waals surface area contributed by atoms with Gasteiger partial charge in [0.25, 0.3) is 0 Å². The molecular formula is C15H10NO5S2-. The summed E-state index contributed by atoms with van der Waals surface area (Å²) in [5.74, 6) is -1.77. The van der Waals surface area contributed by atoms with Crippen molar-refractivity contribution in [3.63, 3.8) is 0 Å². The minimum atomic E-state index is -1.31. The Kier molecular flexibility index (Phi) is 3.14. The first kappa shape index (κ1) is 14.5. The molecule has 2 aromatic rings. The topological polar surface area (TPSA) is 99.3 Å². The largest absolute Gasteiger partial charge is 0.550 e. The van der Waals surface area contributed by atoms with Crippen LogP contribution in [0.3, 0.4) is 0 Å². The number of carbonyl (C=O) groups is 2. The van der Waals surface area contributed by atoms with Crippen LogP contribution in [0.15, 0.2) is 34.1 Å². The number of benzene rings is 1. The molecule has 8 heteroatoms. The summed E-state index contributed by atoms with van der Waals surface area (Å²) < 4.78 is 5.40. The van der Waals surface area contributed by atoms with E-state index in [9.17, 15) is 19.5 Å². The summed E-state index contributed by atoms with van der Waals surface area (Å²) in [6, 6.07) is 7.03. The van der Waals surface area contributed by atoms with E-state index in [4.69, 9.17) is 4.74 Å². The number of nitrogens with one attached hydrogen (secondary N) is 1. The molecule has 3 heterocycles. The molecule has 23 heavy (non-hydrogen) atoms. The fourth-order valence-electron chi connectivity index (χ4n) is 3.27. The van der Waals surface area contributed by atoms with Gasteiger partial charge in [0.15, 0.2) is 0 Å². The minimum Gasteiger partial charge on any atom is -0.550 e. The fourth-order valence-corrected chi connectivity index (χ4v) is 5.82. The monoisotopic (exact) mass is 348 g/mol. The van der Waals surface area contributed by atoms with Gasteiger partial charge in [0.2, 0.25) is 0 Å². The zero-order valence-corrected chi connectivity index (χ0v) is 13.3. The molecule has 1 aromatic carbocycles. The molecule has 0 saturated carbocycles. The standard InChI is InChI=1S/C15H11NO5S2/c17-9(18)5-15-6-22-12-11(23-14(20)16-12)10(15)7-3-1-2-4-8(7)21-13(15)19/h1-4,10H,5-6H2,(H,16,20)(H,17,18)/p-1/t10-,15+/m0/s1. The quantitative estimate of drug-likeness (QED) is 0.634. The smallest absolute Gasteiger partial charge is 0.319 e.